The van der Waals surface area contributed by atoms with Gasteiger partial charge >= 0.3 is 6.03 Å². The molecule has 4 N–H and O–H groups in total. The van der Waals surface area contributed by atoms with Crippen LogP contribution >= 0.6 is 0 Å². The average molecular weight is 442 g/mol. The number of carbonyl (C=O) groups is 2. The number of hydrazine groups is 2. The summed E-state index contributed by atoms with van der Waals surface area (Å²) in [6.45, 7) is 4.68. The number of carbonyl (C=O) groups excluding carboxylic acids is 2. The fourth-order valence-corrected chi connectivity index (χ4v) is 7.76. The molecule has 0 aromatic heterocycles. The molecular weight excluding hydrogens is 399 g/mol. The standard InChI is InChI=1S/C25H43BN4O2/c1-16-3-5-17(6-4-16)19-11-13-25(2)21(20(19)12-14-26)9-10-22(25)23(31)15-29(27)24(32)30(28)18-7-8-18/h16-22H,3-15,27-28H2,1-2H3. The monoisotopic (exact) mass is 442 g/mol. The van der Waals surface area contributed by atoms with Crippen molar-refractivity contribution in [2.45, 2.75) is 96.8 Å². The summed E-state index contributed by atoms with van der Waals surface area (Å²) in [6, 6.07) is -0.371. The van der Waals surface area contributed by atoms with Crippen LogP contribution in [-0.4, -0.2) is 42.3 Å². The van der Waals surface area contributed by atoms with Crippen LogP contribution in [0.5, 0.6) is 0 Å². The Kier molecular flexibility index (Phi) is 7.26. The summed E-state index contributed by atoms with van der Waals surface area (Å²) >= 11 is 0. The van der Waals surface area contributed by atoms with Gasteiger partial charge in [0.15, 0.2) is 5.78 Å². The lowest BCUT2D eigenvalue weighted by Gasteiger charge is -2.51. The Hall–Kier alpha value is -1.08. The van der Waals surface area contributed by atoms with E-state index in [1.807, 2.05) is 0 Å². The minimum Gasteiger partial charge on any atom is -0.297 e. The Labute approximate surface area is 195 Å². The molecule has 4 saturated carbocycles. The molecule has 0 aliphatic heterocycles. The predicted molar refractivity (Wildman–Crippen MR) is 127 cm³/mol. The van der Waals surface area contributed by atoms with E-state index in [2.05, 4.69) is 13.8 Å². The van der Waals surface area contributed by atoms with Gasteiger partial charge in [-0.15, -0.1) is 0 Å². The molecule has 0 bridgehead atoms. The zero-order valence-electron chi connectivity index (χ0n) is 20.2. The van der Waals surface area contributed by atoms with E-state index in [-0.39, 0.29) is 29.7 Å². The first kappa shape index (κ1) is 24.1. The number of nitrogens with zero attached hydrogens (tertiary/aromatic N) is 2. The van der Waals surface area contributed by atoms with Gasteiger partial charge in [-0.3, -0.25) is 14.8 Å². The molecule has 0 aromatic carbocycles. The van der Waals surface area contributed by atoms with Crippen LogP contribution < -0.4 is 11.7 Å². The minimum absolute atomic E-state index is 0.00183. The number of fused-ring (bicyclic) bond motifs is 1. The summed E-state index contributed by atoms with van der Waals surface area (Å²) < 4.78 is 0. The molecule has 5 unspecified atom stereocenters. The summed E-state index contributed by atoms with van der Waals surface area (Å²) in [6.07, 6.45) is 13.4. The number of amides is 2. The maximum atomic E-state index is 13.4. The lowest BCUT2D eigenvalue weighted by atomic mass is 9.53. The molecule has 4 aliphatic carbocycles. The van der Waals surface area contributed by atoms with Gasteiger partial charge in [0, 0.05) is 5.92 Å². The van der Waals surface area contributed by atoms with Crippen molar-refractivity contribution in [1.82, 2.24) is 10.0 Å². The zero-order valence-corrected chi connectivity index (χ0v) is 20.2. The van der Waals surface area contributed by atoms with Gasteiger partial charge < -0.3 is 0 Å². The lowest BCUT2D eigenvalue weighted by Crippen LogP contribution is -2.54. The molecule has 0 spiro atoms. The van der Waals surface area contributed by atoms with Crippen molar-refractivity contribution in [2.24, 2.45) is 52.6 Å². The van der Waals surface area contributed by atoms with Crippen molar-refractivity contribution in [3.05, 3.63) is 0 Å². The van der Waals surface area contributed by atoms with Crippen LogP contribution in [-0.2, 0) is 4.79 Å². The number of hydrogen-bond donors (Lipinski definition) is 2. The van der Waals surface area contributed by atoms with E-state index in [4.69, 9.17) is 19.5 Å². The first-order chi connectivity index (χ1) is 15.3. The van der Waals surface area contributed by atoms with Gasteiger partial charge in [-0.2, -0.15) is 0 Å². The van der Waals surface area contributed by atoms with Gasteiger partial charge in [0.1, 0.15) is 0 Å². The number of rotatable bonds is 7. The van der Waals surface area contributed by atoms with Gasteiger partial charge in [-0.1, -0.05) is 39.4 Å². The largest absolute Gasteiger partial charge is 0.348 e. The van der Waals surface area contributed by atoms with Crippen LogP contribution in [0, 0.1) is 40.9 Å². The second kappa shape index (κ2) is 9.65. The molecule has 5 atom stereocenters. The first-order valence-electron chi connectivity index (χ1n) is 13.1. The normalized spacial score (nSPS) is 39.4. The Morgan fingerprint density at radius 1 is 1.00 bits per heavy atom. The number of hydrogen-bond acceptors (Lipinski definition) is 4. The molecule has 32 heavy (non-hydrogen) atoms. The Bertz CT molecular complexity index is 693. The third kappa shape index (κ3) is 4.61. The third-order valence-electron chi connectivity index (χ3n) is 9.78. The average Bonchev–Trinajstić information content (AvgIpc) is 3.55. The van der Waals surface area contributed by atoms with Crippen molar-refractivity contribution in [3.63, 3.8) is 0 Å². The Balaban J connectivity index is 1.42. The Morgan fingerprint density at radius 3 is 2.31 bits per heavy atom. The maximum absolute atomic E-state index is 13.4. The molecule has 178 valence electrons. The van der Waals surface area contributed by atoms with Crippen molar-refractivity contribution < 1.29 is 9.59 Å². The van der Waals surface area contributed by atoms with Crippen LogP contribution in [0.4, 0.5) is 4.79 Å². The highest BCUT2D eigenvalue weighted by molar-refractivity contribution is 6.08. The predicted octanol–water partition coefficient (Wildman–Crippen LogP) is 4.05. The second-order valence-corrected chi connectivity index (χ2v) is 11.7. The van der Waals surface area contributed by atoms with Crippen molar-refractivity contribution >= 4 is 19.7 Å². The zero-order chi connectivity index (χ0) is 23.0. The van der Waals surface area contributed by atoms with E-state index in [1.54, 1.807) is 0 Å². The molecule has 6 nitrogen and oxygen atoms in total. The van der Waals surface area contributed by atoms with Crippen LogP contribution in [0.3, 0.4) is 0 Å². The van der Waals surface area contributed by atoms with Crippen LogP contribution in [0.1, 0.15) is 84.5 Å². The summed E-state index contributed by atoms with van der Waals surface area (Å²) in [7, 11) is 6.11. The van der Waals surface area contributed by atoms with Gasteiger partial charge in [0.25, 0.3) is 0 Å². The van der Waals surface area contributed by atoms with Crippen molar-refractivity contribution in [2.75, 3.05) is 6.54 Å². The third-order valence-corrected chi connectivity index (χ3v) is 9.78. The van der Waals surface area contributed by atoms with E-state index < -0.39 is 6.03 Å². The van der Waals surface area contributed by atoms with Gasteiger partial charge in [-0.25, -0.2) is 16.5 Å². The second-order valence-electron chi connectivity index (χ2n) is 11.7. The lowest BCUT2D eigenvalue weighted by molar-refractivity contribution is -0.129. The molecule has 0 heterocycles. The van der Waals surface area contributed by atoms with E-state index in [9.17, 15) is 9.59 Å². The summed E-state index contributed by atoms with van der Waals surface area (Å²) in [4.78, 5) is 25.8. The number of urea groups is 1. The van der Waals surface area contributed by atoms with Crippen LogP contribution in [0.15, 0.2) is 0 Å². The van der Waals surface area contributed by atoms with E-state index >= 15 is 0 Å². The molecule has 4 fully saturated rings. The van der Waals surface area contributed by atoms with Crippen LogP contribution in [0.25, 0.3) is 0 Å². The SMILES string of the molecule is [B]CCC1C(C2CCC(C)CC2)CCC2(C)C(C(=O)CN(N)C(=O)N(N)C3CC3)CCC12. The molecule has 4 aliphatic rings. The number of nitrogens with two attached hydrogens (primary N) is 2. The molecule has 0 saturated heterocycles. The molecular formula is C25H43BN4O2. The highest BCUT2D eigenvalue weighted by Crippen LogP contribution is 2.62. The van der Waals surface area contributed by atoms with Crippen molar-refractivity contribution in [1.29, 1.82) is 0 Å². The van der Waals surface area contributed by atoms with E-state index in [0.29, 0.717) is 11.8 Å². The van der Waals surface area contributed by atoms with Gasteiger partial charge in [0.05, 0.1) is 20.4 Å². The molecule has 0 aromatic rings. The minimum atomic E-state index is -0.447. The van der Waals surface area contributed by atoms with Crippen molar-refractivity contribution in [3.8, 4) is 0 Å². The maximum Gasteiger partial charge on any atom is 0.348 e. The van der Waals surface area contributed by atoms with E-state index in [1.165, 1.54) is 37.1 Å². The first-order valence-corrected chi connectivity index (χ1v) is 13.1. The van der Waals surface area contributed by atoms with E-state index in [0.717, 1.165) is 67.6 Å². The molecule has 4 rings (SSSR count). The molecule has 2 radical (unpaired) electrons. The smallest absolute Gasteiger partial charge is 0.297 e. The van der Waals surface area contributed by atoms with Gasteiger partial charge in [0.2, 0.25) is 0 Å². The highest BCUT2D eigenvalue weighted by Gasteiger charge is 2.56. The number of Topliss-reactive ketones (excluding diaryl/α,β-unsaturated/α-hetero) is 1. The van der Waals surface area contributed by atoms with Gasteiger partial charge in [-0.05, 0) is 86.4 Å². The fourth-order valence-electron chi connectivity index (χ4n) is 7.76. The summed E-state index contributed by atoms with van der Waals surface area (Å²) in [5, 5.41) is 2.23. The topological polar surface area (TPSA) is 92.7 Å². The quantitative estimate of drug-likeness (QED) is 0.269. The Morgan fingerprint density at radius 2 is 1.69 bits per heavy atom. The molecule has 7 heteroatoms. The van der Waals surface area contributed by atoms with Crippen LogP contribution in [0.2, 0.25) is 6.32 Å². The number of ketones is 1. The fraction of sp³-hybridized carbons (Fsp3) is 0.920. The molecule has 2 amide bonds. The summed E-state index contributed by atoms with van der Waals surface area (Å²) in [5.74, 6) is 15.6. The summed E-state index contributed by atoms with van der Waals surface area (Å²) in [5.41, 5.74) is -0.00183. The highest BCUT2D eigenvalue weighted by atomic mass is 16.2.